The van der Waals surface area contributed by atoms with Crippen LogP contribution in [0.3, 0.4) is 0 Å². The zero-order valence-electron chi connectivity index (χ0n) is 14.1. The summed E-state index contributed by atoms with van der Waals surface area (Å²) in [6.07, 6.45) is 7.02. The van der Waals surface area contributed by atoms with Gasteiger partial charge in [-0.3, -0.25) is 9.55 Å². The first-order chi connectivity index (χ1) is 12.8. The van der Waals surface area contributed by atoms with Gasteiger partial charge in [0.05, 0.1) is 37.2 Å². The van der Waals surface area contributed by atoms with Gasteiger partial charge in [0.15, 0.2) is 0 Å². The van der Waals surface area contributed by atoms with Gasteiger partial charge in [0.25, 0.3) is 0 Å². The molecule has 4 nitrogen and oxygen atoms in total. The van der Waals surface area contributed by atoms with Crippen LogP contribution >= 0.6 is 0 Å². The third-order valence-corrected chi connectivity index (χ3v) is 4.24. The summed E-state index contributed by atoms with van der Waals surface area (Å²) in [5.41, 5.74) is 4.53. The summed E-state index contributed by atoms with van der Waals surface area (Å²) in [5, 5.41) is 0. The Bertz CT molecular complexity index is 1040. The van der Waals surface area contributed by atoms with Gasteiger partial charge in [-0.1, -0.05) is 18.2 Å². The lowest BCUT2D eigenvalue weighted by atomic mass is 10.0. The number of benzene rings is 2. The summed E-state index contributed by atoms with van der Waals surface area (Å²) in [5.74, 6) is 0.513. The number of pyridine rings is 1. The fraction of sp³-hybridized carbons (Fsp3) is 0.0476. The highest BCUT2D eigenvalue weighted by molar-refractivity contribution is 5.78. The van der Waals surface area contributed by atoms with Crippen molar-refractivity contribution in [2.45, 2.75) is 0 Å². The number of hydrogen-bond acceptors (Lipinski definition) is 3. The molecule has 0 fully saturated rings. The van der Waals surface area contributed by atoms with Crippen LogP contribution in [0.5, 0.6) is 5.75 Å². The highest BCUT2D eigenvalue weighted by atomic mass is 19.1. The van der Waals surface area contributed by atoms with E-state index in [4.69, 9.17) is 4.74 Å². The zero-order valence-corrected chi connectivity index (χ0v) is 14.1. The predicted molar refractivity (Wildman–Crippen MR) is 98.7 cm³/mol. The third-order valence-electron chi connectivity index (χ3n) is 4.24. The molecule has 0 unspecified atom stereocenters. The van der Waals surface area contributed by atoms with E-state index in [9.17, 15) is 4.39 Å². The van der Waals surface area contributed by atoms with E-state index in [0.29, 0.717) is 0 Å². The van der Waals surface area contributed by atoms with Crippen molar-refractivity contribution in [3.8, 4) is 33.8 Å². The molecule has 0 aliphatic heterocycles. The second-order valence-corrected chi connectivity index (χ2v) is 5.75. The SMILES string of the molecule is COc1ccccc1-c1ccncc1-n1cncc1-c1ccc(F)cc1. The molecule has 0 saturated carbocycles. The van der Waals surface area contributed by atoms with Crippen LogP contribution in [0.1, 0.15) is 0 Å². The van der Waals surface area contributed by atoms with Crippen LogP contribution in [0, 0.1) is 5.82 Å². The molecule has 26 heavy (non-hydrogen) atoms. The molecule has 0 atom stereocenters. The number of rotatable bonds is 4. The molecule has 128 valence electrons. The molecular formula is C21H16FN3O. The van der Waals surface area contributed by atoms with Gasteiger partial charge in [-0.15, -0.1) is 0 Å². The molecule has 0 spiro atoms. The minimum Gasteiger partial charge on any atom is -0.496 e. The average molecular weight is 345 g/mol. The van der Waals surface area contributed by atoms with E-state index >= 15 is 0 Å². The number of nitrogens with zero attached hydrogens (tertiary/aromatic N) is 3. The fourth-order valence-electron chi connectivity index (χ4n) is 2.99. The minimum atomic E-state index is -0.268. The molecule has 2 aromatic heterocycles. The van der Waals surface area contributed by atoms with E-state index in [1.54, 1.807) is 44.2 Å². The Balaban J connectivity index is 1.89. The lowest BCUT2D eigenvalue weighted by molar-refractivity contribution is 0.416. The summed E-state index contributed by atoms with van der Waals surface area (Å²) in [4.78, 5) is 8.57. The molecule has 0 bridgehead atoms. The van der Waals surface area contributed by atoms with Crippen molar-refractivity contribution >= 4 is 0 Å². The molecule has 2 heterocycles. The highest BCUT2D eigenvalue weighted by Gasteiger charge is 2.14. The zero-order chi connectivity index (χ0) is 17.9. The van der Waals surface area contributed by atoms with E-state index in [2.05, 4.69) is 9.97 Å². The van der Waals surface area contributed by atoms with Gasteiger partial charge in [-0.25, -0.2) is 9.37 Å². The molecule has 2 aromatic carbocycles. The van der Waals surface area contributed by atoms with Crippen LogP contribution in [0.2, 0.25) is 0 Å². The third kappa shape index (κ3) is 2.84. The number of imidazole rings is 1. The Morgan fingerprint density at radius 1 is 0.885 bits per heavy atom. The lowest BCUT2D eigenvalue weighted by Crippen LogP contribution is -2.00. The molecule has 0 aliphatic carbocycles. The van der Waals surface area contributed by atoms with Crippen molar-refractivity contribution in [3.05, 3.63) is 85.3 Å². The first kappa shape index (κ1) is 16.0. The van der Waals surface area contributed by atoms with E-state index in [-0.39, 0.29) is 5.82 Å². The van der Waals surface area contributed by atoms with Crippen molar-refractivity contribution in [1.29, 1.82) is 0 Å². The molecule has 0 N–H and O–H groups in total. The summed E-state index contributed by atoms with van der Waals surface area (Å²) in [6, 6.07) is 16.1. The molecule has 0 aliphatic rings. The molecular weight excluding hydrogens is 329 g/mol. The summed E-state index contributed by atoms with van der Waals surface area (Å²) in [6.45, 7) is 0. The Morgan fingerprint density at radius 2 is 1.69 bits per heavy atom. The van der Waals surface area contributed by atoms with Crippen molar-refractivity contribution in [2.75, 3.05) is 7.11 Å². The smallest absolute Gasteiger partial charge is 0.126 e. The number of halogens is 1. The quantitative estimate of drug-likeness (QED) is 0.536. The second-order valence-electron chi connectivity index (χ2n) is 5.75. The molecule has 5 heteroatoms. The predicted octanol–water partition coefficient (Wildman–Crippen LogP) is 4.75. The Morgan fingerprint density at radius 3 is 2.50 bits per heavy atom. The van der Waals surface area contributed by atoms with Crippen molar-refractivity contribution < 1.29 is 9.13 Å². The molecule has 0 radical (unpaired) electrons. The number of para-hydroxylation sites is 1. The van der Waals surface area contributed by atoms with Gasteiger partial charge in [0.2, 0.25) is 0 Å². The van der Waals surface area contributed by atoms with Gasteiger partial charge >= 0.3 is 0 Å². The molecule has 4 rings (SSSR count). The standard InChI is InChI=1S/C21H16FN3O/c1-26-21-5-3-2-4-18(21)17-10-11-23-13-20(17)25-14-24-12-19(25)15-6-8-16(22)9-7-15/h2-14H,1H3. The van der Waals surface area contributed by atoms with Gasteiger partial charge in [0, 0.05) is 22.9 Å². The van der Waals surface area contributed by atoms with Crippen LogP contribution in [-0.2, 0) is 0 Å². The highest BCUT2D eigenvalue weighted by Crippen LogP contribution is 2.35. The largest absolute Gasteiger partial charge is 0.496 e. The van der Waals surface area contributed by atoms with Crippen LogP contribution in [0.15, 0.2) is 79.5 Å². The fourth-order valence-corrected chi connectivity index (χ4v) is 2.99. The molecule has 0 saturated heterocycles. The van der Waals surface area contributed by atoms with E-state index in [1.165, 1.54) is 12.1 Å². The Kier molecular flexibility index (Phi) is 4.19. The monoisotopic (exact) mass is 345 g/mol. The maximum absolute atomic E-state index is 13.3. The lowest BCUT2D eigenvalue weighted by Gasteiger charge is -2.15. The summed E-state index contributed by atoms with van der Waals surface area (Å²) >= 11 is 0. The summed E-state index contributed by atoms with van der Waals surface area (Å²) < 4.78 is 20.7. The first-order valence-corrected chi connectivity index (χ1v) is 8.14. The summed E-state index contributed by atoms with van der Waals surface area (Å²) in [7, 11) is 1.65. The van der Waals surface area contributed by atoms with Crippen molar-refractivity contribution in [3.63, 3.8) is 0 Å². The van der Waals surface area contributed by atoms with Gasteiger partial charge < -0.3 is 4.74 Å². The molecule has 4 aromatic rings. The topological polar surface area (TPSA) is 39.9 Å². The number of methoxy groups -OCH3 is 1. The van der Waals surface area contributed by atoms with Crippen molar-refractivity contribution in [2.24, 2.45) is 0 Å². The Labute approximate surface area is 150 Å². The number of hydrogen-bond donors (Lipinski definition) is 0. The maximum Gasteiger partial charge on any atom is 0.126 e. The van der Waals surface area contributed by atoms with Crippen molar-refractivity contribution in [1.82, 2.24) is 14.5 Å². The van der Waals surface area contributed by atoms with Crippen LogP contribution in [0.4, 0.5) is 4.39 Å². The normalized spacial score (nSPS) is 10.7. The van der Waals surface area contributed by atoms with Crippen LogP contribution in [-0.4, -0.2) is 21.6 Å². The van der Waals surface area contributed by atoms with E-state index in [0.717, 1.165) is 33.8 Å². The Hall–Kier alpha value is -3.47. The second kappa shape index (κ2) is 6.80. The number of ether oxygens (including phenoxy) is 1. The maximum atomic E-state index is 13.3. The number of aromatic nitrogens is 3. The van der Waals surface area contributed by atoms with Gasteiger partial charge in [-0.05, 0) is 36.4 Å². The van der Waals surface area contributed by atoms with Gasteiger partial charge in [-0.2, -0.15) is 0 Å². The van der Waals surface area contributed by atoms with Crippen LogP contribution in [0.25, 0.3) is 28.1 Å². The van der Waals surface area contributed by atoms with Crippen LogP contribution < -0.4 is 4.74 Å². The molecule has 0 amide bonds. The first-order valence-electron chi connectivity index (χ1n) is 8.14. The van der Waals surface area contributed by atoms with Gasteiger partial charge in [0.1, 0.15) is 11.6 Å². The average Bonchev–Trinajstić information content (AvgIpc) is 3.18. The van der Waals surface area contributed by atoms with E-state index < -0.39 is 0 Å². The minimum absolute atomic E-state index is 0.268. The van der Waals surface area contributed by atoms with E-state index in [1.807, 2.05) is 34.9 Å².